The normalized spacial score (nSPS) is 11.7. The van der Waals surface area contributed by atoms with Gasteiger partial charge in [-0.05, 0) is 25.1 Å². The topological polar surface area (TPSA) is 63.3 Å². The van der Waals surface area contributed by atoms with Crippen LogP contribution in [0.2, 0.25) is 0 Å². The monoisotopic (exact) mass is 312 g/mol. The van der Waals surface area contributed by atoms with Crippen LogP contribution in [0.4, 0.5) is 5.82 Å². The van der Waals surface area contributed by atoms with Gasteiger partial charge in [-0.15, -0.1) is 0 Å². The number of hydrogen-bond acceptors (Lipinski definition) is 3. The molecule has 118 valence electrons. The number of nitrogens with one attached hydrogen (secondary N) is 1. The molecule has 23 heavy (non-hydrogen) atoms. The minimum Gasteiger partial charge on any atom is -0.462 e. The van der Waals surface area contributed by atoms with E-state index in [-0.39, 0.29) is 12.4 Å². The lowest BCUT2D eigenvalue weighted by atomic mass is 10.1. The summed E-state index contributed by atoms with van der Waals surface area (Å²) in [5.41, 5.74) is 2.20. The zero-order valence-electron chi connectivity index (χ0n) is 13.3. The average molecular weight is 312 g/mol. The molecular formula is C17H18N3O3+. The van der Waals surface area contributed by atoms with Crippen molar-refractivity contribution in [3.63, 3.8) is 0 Å². The van der Waals surface area contributed by atoms with Crippen LogP contribution in [-0.2, 0) is 4.74 Å². The third kappa shape index (κ3) is 2.42. The molecule has 0 saturated carbocycles. The second kappa shape index (κ2) is 5.72. The second-order valence-electron chi connectivity index (χ2n) is 5.43. The van der Waals surface area contributed by atoms with Gasteiger partial charge >= 0.3 is 5.97 Å². The summed E-state index contributed by atoms with van der Waals surface area (Å²) in [6.45, 7) is 2.03. The summed E-state index contributed by atoms with van der Waals surface area (Å²) in [5.74, 6) is -0.0103. The molecule has 0 aliphatic carbocycles. The van der Waals surface area contributed by atoms with Crippen molar-refractivity contribution in [1.29, 1.82) is 0 Å². The highest BCUT2D eigenvalue weighted by atomic mass is 16.5. The van der Waals surface area contributed by atoms with E-state index in [0.29, 0.717) is 22.6 Å². The van der Waals surface area contributed by atoms with E-state index in [4.69, 9.17) is 4.74 Å². The number of hydrogen-bond donors (Lipinski definition) is 1. The number of ether oxygens (including phenoxy) is 1. The maximum absolute atomic E-state index is 12.6. The highest BCUT2D eigenvalue weighted by Gasteiger charge is 2.34. The number of ketones is 1. The Morgan fingerprint density at radius 3 is 2.78 bits per heavy atom. The Kier molecular flexibility index (Phi) is 3.73. The Labute approximate surface area is 134 Å². The van der Waals surface area contributed by atoms with Gasteiger partial charge in [0.2, 0.25) is 17.9 Å². The third-order valence-electron chi connectivity index (χ3n) is 3.58. The van der Waals surface area contributed by atoms with Gasteiger partial charge in [0.15, 0.2) is 0 Å². The number of aromatic nitrogens is 1. The van der Waals surface area contributed by atoms with Crippen molar-refractivity contribution in [3.05, 3.63) is 47.2 Å². The highest BCUT2D eigenvalue weighted by Crippen LogP contribution is 2.35. The van der Waals surface area contributed by atoms with Crippen LogP contribution in [0.25, 0.3) is 5.69 Å². The molecule has 2 heterocycles. The predicted octanol–water partition coefficient (Wildman–Crippen LogP) is 1.91. The van der Waals surface area contributed by atoms with Crippen LogP contribution in [-0.4, -0.2) is 47.9 Å². The van der Waals surface area contributed by atoms with E-state index in [0.717, 1.165) is 5.69 Å². The summed E-state index contributed by atoms with van der Waals surface area (Å²) in [6.07, 6.45) is 1.72. The first-order valence-corrected chi connectivity index (χ1v) is 7.37. The fourth-order valence-electron chi connectivity index (χ4n) is 2.62. The number of anilines is 1. The van der Waals surface area contributed by atoms with Gasteiger partial charge in [0.05, 0.1) is 32.1 Å². The number of carbonyl (C=O) groups excluding carboxylic acids is 2. The van der Waals surface area contributed by atoms with E-state index < -0.39 is 5.97 Å². The zero-order valence-corrected chi connectivity index (χ0v) is 13.3. The van der Waals surface area contributed by atoms with Crippen LogP contribution in [0.1, 0.15) is 33.3 Å². The van der Waals surface area contributed by atoms with Gasteiger partial charge in [-0.3, -0.25) is 13.9 Å². The number of para-hydroxylation sites is 1. The van der Waals surface area contributed by atoms with Crippen LogP contribution in [0.15, 0.2) is 30.3 Å². The maximum Gasteiger partial charge on any atom is 0.344 e. The molecule has 0 spiro atoms. The molecule has 1 aliphatic rings. The van der Waals surface area contributed by atoms with Gasteiger partial charge in [0.25, 0.3) is 0 Å². The van der Waals surface area contributed by atoms with Crippen molar-refractivity contribution in [2.24, 2.45) is 0 Å². The molecule has 1 N–H and O–H groups in total. The molecule has 3 rings (SSSR count). The van der Waals surface area contributed by atoms with Gasteiger partial charge in [-0.2, -0.15) is 0 Å². The van der Waals surface area contributed by atoms with Crippen molar-refractivity contribution >= 4 is 23.9 Å². The number of nitrogens with zero attached hydrogens (tertiary/aromatic N) is 2. The van der Waals surface area contributed by atoms with Crippen LogP contribution in [0, 0.1) is 0 Å². The van der Waals surface area contributed by atoms with Gasteiger partial charge in [-0.25, -0.2) is 10.1 Å². The standard InChI is InChI=1S/C17H17N3O3/c1-4-23-17(22)12-9-14-15(21)11-7-5-6-8-13(11)20(14)16(12)18-10-19(2)3/h5-10H,4H2,1-3H3/p+1. The first-order valence-electron chi connectivity index (χ1n) is 7.37. The van der Waals surface area contributed by atoms with Crippen molar-refractivity contribution in [1.82, 2.24) is 4.57 Å². The van der Waals surface area contributed by atoms with E-state index in [1.54, 1.807) is 30.0 Å². The molecule has 0 unspecified atom stereocenters. The summed E-state index contributed by atoms with van der Waals surface area (Å²) < 4.78 is 8.69. The number of carbonyl (C=O) groups is 2. The number of fused-ring (bicyclic) bond motifs is 3. The lowest BCUT2D eigenvalue weighted by Crippen LogP contribution is -2.14. The Bertz CT molecular complexity index is 830. The van der Waals surface area contributed by atoms with E-state index in [1.165, 1.54) is 0 Å². The fraction of sp³-hybridized carbons (Fsp3) is 0.235. The largest absolute Gasteiger partial charge is 0.462 e. The van der Waals surface area contributed by atoms with Gasteiger partial charge in [-0.1, -0.05) is 12.1 Å². The lowest BCUT2D eigenvalue weighted by molar-refractivity contribution is -0.459. The second-order valence-corrected chi connectivity index (χ2v) is 5.43. The van der Waals surface area contributed by atoms with Crippen LogP contribution >= 0.6 is 0 Å². The molecule has 1 aromatic carbocycles. The third-order valence-corrected chi connectivity index (χ3v) is 3.58. The Morgan fingerprint density at radius 1 is 1.35 bits per heavy atom. The average Bonchev–Trinajstić information content (AvgIpc) is 3.03. The van der Waals surface area contributed by atoms with E-state index in [2.05, 4.69) is 5.32 Å². The molecule has 6 nitrogen and oxygen atoms in total. The SMILES string of the molecule is CCOC(=O)c1cc2n(c1NC=[N+](C)C)-c1ccccc1C2=O. The molecule has 1 aliphatic heterocycles. The minimum atomic E-state index is -0.450. The molecule has 2 aromatic rings. The Morgan fingerprint density at radius 2 is 2.09 bits per heavy atom. The molecule has 0 saturated heterocycles. The first kappa shape index (κ1) is 15.0. The molecule has 6 heteroatoms. The van der Waals surface area contributed by atoms with E-state index >= 15 is 0 Å². The molecule has 1 aromatic heterocycles. The van der Waals surface area contributed by atoms with Crippen molar-refractivity contribution in [3.8, 4) is 5.69 Å². The van der Waals surface area contributed by atoms with E-state index in [9.17, 15) is 9.59 Å². The summed E-state index contributed by atoms with van der Waals surface area (Å²) in [4.78, 5) is 24.8. The predicted molar refractivity (Wildman–Crippen MR) is 87.0 cm³/mol. The maximum atomic E-state index is 12.6. The van der Waals surface area contributed by atoms with Crippen LogP contribution < -0.4 is 5.32 Å². The Hall–Kier alpha value is -2.89. The molecule has 0 radical (unpaired) electrons. The van der Waals surface area contributed by atoms with Gasteiger partial charge in [0.1, 0.15) is 5.56 Å². The number of benzene rings is 1. The lowest BCUT2D eigenvalue weighted by Gasteiger charge is -2.06. The highest BCUT2D eigenvalue weighted by molar-refractivity contribution is 6.16. The molecule has 0 amide bonds. The summed E-state index contributed by atoms with van der Waals surface area (Å²) in [7, 11) is 3.73. The molecule has 0 fully saturated rings. The molecule has 0 atom stereocenters. The first-order chi connectivity index (χ1) is 11.0. The smallest absolute Gasteiger partial charge is 0.344 e. The number of esters is 1. The zero-order chi connectivity index (χ0) is 16.6. The fourth-order valence-corrected chi connectivity index (χ4v) is 2.62. The summed E-state index contributed by atoms with van der Waals surface area (Å²) in [5, 5.41) is 3.10. The van der Waals surface area contributed by atoms with Crippen LogP contribution in [0.5, 0.6) is 0 Å². The van der Waals surface area contributed by atoms with Crippen LogP contribution in [0.3, 0.4) is 0 Å². The Balaban J connectivity index is 2.20. The van der Waals surface area contributed by atoms with Gasteiger partial charge in [0, 0.05) is 5.56 Å². The van der Waals surface area contributed by atoms with Crippen molar-refractivity contribution in [2.45, 2.75) is 6.92 Å². The molecular weight excluding hydrogens is 294 g/mol. The van der Waals surface area contributed by atoms with Gasteiger partial charge < -0.3 is 4.74 Å². The number of rotatable bonds is 4. The van der Waals surface area contributed by atoms with Crippen molar-refractivity contribution in [2.75, 3.05) is 26.0 Å². The summed E-state index contributed by atoms with van der Waals surface area (Å²) in [6, 6.07) is 8.93. The van der Waals surface area contributed by atoms with E-state index in [1.807, 2.05) is 36.9 Å². The summed E-state index contributed by atoms with van der Waals surface area (Å²) >= 11 is 0. The molecule has 0 bridgehead atoms. The quantitative estimate of drug-likeness (QED) is 0.346. The van der Waals surface area contributed by atoms with Crippen molar-refractivity contribution < 1.29 is 18.9 Å². The minimum absolute atomic E-state index is 0.0935.